The predicted molar refractivity (Wildman–Crippen MR) is 107 cm³/mol. The number of hydrogen-bond acceptors (Lipinski definition) is 8. The number of tetrazole rings is 1. The van der Waals surface area contributed by atoms with E-state index in [0.717, 1.165) is 5.56 Å². The van der Waals surface area contributed by atoms with Crippen molar-refractivity contribution in [2.75, 3.05) is 32.1 Å². The number of nitrogens with one attached hydrogen (secondary N) is 1. The zero-order valence-electron chi connectivity index (χ0n) is 16.3. The number of nitrogens with zero attached hydrogens (tertiary/aromatic N) is 5. The van der Waals surface area contributed by atoms with Gasteiger partial charge in [0.15, 0.2) is 0 Å². The number of amides is 1. The minimum atomic E-state index is -3.51. The van der Waals surface area contributed by atoms with Crippen molar-refractivity contribution in [1.29, 1.82) is 0 Å². The molecule has 2 aromatic rings. The van der Waals surface area contributed by atoms with E-state index in [-0.39, 0.29) is 22.6 Å². The van der Waals surface area contributed by atoms with Gasteiger partial charge in [-0.15, -0.1) is 5.10 Å². The van der Waals surface area contributed by atoms with Gasteiger partial charge in [-0.05, 0) is 42.0 Å². The van der Waals surface area contributed by atoms with E-state index in [9.17, 15) is 13.2 Å². The maximum Gasteiger partial charge on any atom is 0.243 e. The SMILES string of the molecule is CC(C)n1nnnc1SCC(=O)NCc1ccc(S(=O)(=O)N2CCOCC2)cc1. The molecule has 1 aliphatic heterocycles. The van der Waals surface area contributed by atoms with Crippen LogP contribution in [0.3, 0.4) is 0 Å². The molecule has 0 spiro atoms. The van der Waals surface area contributed by atoms with Crippen molar-refractivity contribution in [3.8, 4) is 0 Å². The summed E-state index contributed by atoms with van der Waals surface area (Å²) >= 11 is 1.27. The molecule has 2 heterocycles. The third-order valence-electron chi connectivity index (χ3n) is 4.30. The van der Waals surface area contributed by atoms with Crippen molar-refractivity contribution >= 4 is 27.7 Å². The van der Waals surface area contributed by atoms with Crippen molar-refractivity contribution in [1.82, 2.24) is 29.8 Å². The number of hydrogen-bond donors (Lipinski definition) is 1. The van der Waals surface area contributed by atoms with E-state index < -0.39 is 10.0 Å². The molecular weight excluding hydrogens is 416 g/mol. The summed E-state index contributed by atoms with van der Waals surface area (Å²) in [6.45, 7) is 5.77. The first-order valence-corrected chi connectivity index (χ1v) is 11.6. The van der Waals surface area contributed by atoms with Crippen LogP contribution in [0.25, 0.3) is 0 Å². The van der Waals surface area contributed by atoms with Crippen molar-refractivity contribution in [3.05, 3.63) is 29.8 Å². The topological polar surface area (TPSA) is 119 Å². The van der Waals surface area contributed by atoms with Gasteiger partial charge in [0.2, 0.25) is 21.1 Å². The molecule has 29 heavy (non-hydrogen) atoms. The van der Waals surface area contributed by atoms with Gasteiger partial charge >= 0.3 is 0 Å². The van der Waals surface area contributed by atoms with E-state index >= 15 is 0 Å². The third-order valence-corrected chi connectivity index (χ3v) is 7.15. The molecule has 0 bridgehead atoms. The quantitative estimate of drug-likeness (QED) is 0.595. The summed E-state index contributed by atoms with van der Waals surface area (Å²) in [5.41, 5.74) is 0.816. The van der Waals surface area contributed by atoms with Crippen LogP contribution in [-0.4, -0.2) is 70.9 Å². The van der Waals surface area contributed by atoms with Crippen molar-refractivity contribution < 1.29 is 17.9 Å². The first-order valence-electron chi connectivity index (χ1n) is 9.22. The number of aromatic nitrogens is 4. The Bertz CT molecular complexity index is 924. The molecule has 1 aliphatic rings. The Hall–Kier alpha value is -2.02. The smallest absolute Gasteiger partial charge is 0.243 e. The molecule has 1 aromatic heterocycles. The van der Waals surface area contributed by atoms with Crippen LogP contribution in [0.15, 0.2) is 34.3 Å². The molecule has 158 valence electrons. The summed E-state index contributed by atoms with van der Waals surface area (Å²) < 4.78 is 33.5. The highest BCUT2D eigenvalue weighted by molar-refractivity contribution is 7.99. The maximum atomic E-state index is 12.6. The zero-order chi connectivity index (χ0) is 20.9. The van der Waals surface area contributed by atoms with Crippen molar-refractivity contribution in [2.24, 2.45) is 0 Å². The first kappa shape index (κ1) is 21.7. The highest BCUT2D eigenvalue weighted by atomic mass is 32.2. The van der Waals surface area contributed by atoms with E-state index in [2.05, 4.69) is 20.8 Å². The Morgan fingerprint density at radius 1 is 1.24 bits per heavy atom. The lowest BCUT2D eigenvalue weighted by Gasteiger charge is -2.26. The molecule has 0 atom stereocenters. The first-order chi connectivity index (χ1) is 13.9. The molecule has 1 amide bonds. The molecule has 1 N–H and O–H groups in total. The Morgan fingerprint density at radius 3 is 2.59 bits per heavy atom. The van der Waals surface area contributed by atoms with Gasteiger partial charge in [-0.25, -0.2) is 13.1 Å². The fourth-order valence-corrected chi connectivity index (χ4v) is 4.95. The Balaban J connectivity index is 1.51. The number of ether oxygens (including phenoxy) is 1. The van der Waals surface area contributed by atoms with Crippen LogP contribution in [0.4, 0.5) is 0 Å². The number of sulfonamides is 1. The van der Waals surface area contributed by atoms with Crippen LogP contribution in [0.2, 0.25) is 0 Å². The van der Waals surface area contributed by atoms with E-state index in [0.29, 0.717) is 38.0 Å². The van der Waals surface area contributed by atoms with E-state index in [1.54, 1.807) is 28.9 Å². The fourth-order valence-electron chi connectivity index (χ4n) is 2.70. The second kappa shape index (κ2) is 9.65. The second-order valence-corrected chi connectivity index (χ2v) is 9.61. The van der Waals surface area contributed by atoms with Gasteiger partial charge in [0.1, 0.15) is 0 Å². The molecule has 1 saturated heterocycles. The molecule has 0 unspecified atom stereocenters. The number of rotatable bonds is 8. The fraction of sp³-hybridized carbons (Fsp3) is 0.529. The predicted octanol–water partition coefficient (Wildman–Crippen LogP) is 0.683. The normalized spacial score (nSPS) is 15.6. The second-order valence-electron chi connectivity index (χ2n) is 6.73. The number of thioether (sulfide) groups is 1. The largest absolute Gasteiger partial charge is 0.379 e. The highest BCUT2D eigenvalue weighted by Gasteiger charge is 2.26. The number of carbonyl (C=O) groups is 1. The molecule has 3 rings (SSSR count). The van der Waals surface area contributed by atoms with Crippen molar-refractivity contribution in [3.63, 3.8) is 0 Å². The maximum absolute atomic E-state index is 12.6. The van der Waals surface area contributed by atoms with Gasteiger partial charge in [0.05, 0.1) is 29.9 Å². The average molecular weight is 441 g/mol. The Kier molecular flexibility index (Phi) is 7.22. The van der Waals surface area contributed by atoms with Crippen LogP contribution in [-0.2, 0) is 26.1 Å². The average Bonchev–Trinajstić information content (AvgIpc) is 3.21. The molecule has 0 saturated carbocycles. The van der Waals surface area contributed by atoms with Crippen LogP contribution < -0.4 is 5.32 Å². The van der Waals surface area contributed by atoms with Gasteiger partial charge in [0, 0.05) is 19.6 Å². The molecule has 1 aromatic carbocycles. The van der Waals surface area contributed by atoms with E-state index in [1.807, 2.05) is 13.8 Å². The van der Waals surface area contributed by atoms with Gasteiger partial charge in [-0.3, -0.25) is 4.79 Å². The monoisotopic (exact) mass is 440 g/mol. The van der Waals surface area contributed by atoms with Crippen LogP contribution in [0.5, 0.6) is 0 Å². The summed E-state index contributed by atoms with van der Waals surface area (Å²) in [6, 6.07) is 6.67. The lowest BCUT2D eigenvalue weighted by molar-refractivity contribution is -0.118. The van der Waals surface area contributed by atoms with Crippen LogP contribution in [0.1, 0.15) is 25.5 Å². The lowest BCUT2D eigenvalue weighted by Crippen LogP contribution is -2.40. The molecule has 0 aliphatic carbocycles. The molecule has 0 radical (unpaired) electrons. The minimum absolute atomic E-state index is 0.114. The number of carbonyl (C=O) groups excluding carboxylic acids is 1. The van der Waals surface area contributed by atoms with E-state index in [1.165, 1.54) is 16.1 Å². The molecule has 10 nitrogen and oxygen atoms in total. The lowest BCUT2D eigenvalue weighted by atomic mass is 10.2. The number of morpholine rings is 1. The Morgan fingerprint density at radius 2 is 1.93 bits per heavy atom. The molecule has 12 heteroatoms. The molecule has 1 fully saturated rings. The highest BCUT2D eigenvalue weighted by Crippen LogP contribution is 2.18. The minimum Gasteiger partial charge on any atom is -0.379 e. The van der Waals surface area contributed by atoms with Gasteiger partial charge in [-0.1, -0.05) is 23.9 Å². The zero-order valence-corrected chi connectivity index (χ0v) is 17.9. The van der Waals surface area contributed by atoms with Crippen LogP contribution >= 0.6 is 11.8 Å². The summed E-state index contributed by atoms with van der Waals surface area (Å²) in [4.78, 5) is 12.3. The van der Waals surface area contributed by atoms with Crippen molar-refractivity contribution in [2.45, 2.75) is 36.5 Å². The summed E-state index contributed by atoms with van der Waals surface area (Å²) in [5, 5.41) is 14.8. The standard InChI is InChI=1S/C17H24N6O4S2/c1-13(2)23-17(19-20-21-23)28-12-16(24)18-11-14-3-5-15(6-4-14)29(25,26)22-7-9-27-10-8-22/h3-6,13H,7-12H2,1-2H3,(H,18,24). The third kappa shape index (κ3) is 5.53. The summed E-state index contributed by atoms with van der Waals surface area (Å²) in [6.07, 6.45) is 0. The molecular formula is C17H24N6O4S2. The van der Waals surface area contributed by atoms with Gasteiger partial charge in [-0.2, -0.15) is 4.31 Å². The number of benzene rings is 1. The Labute approximate surface area is 174 Å². The van der Waals surface area contributed by atoms with Crippen LogP contribution in [0, 0.1) is 0 Å². The summed E-state index contributed by atoms with van der Waals surface area (Å²) in [7, 11) is -3.51. The van der Waals surface area contributed by atoms with Gasteiger partial charge < -0.3 is 10.1 Å². The van der Waals surface area contributed by atoms with E-state index in [4.69, 9.17) is 4.74 Å². The van der Waals surface area contributed by atoms with Gasteiger partial charge in [0.25, 0.3) is 0 Å². The summed E-state index contributed by atoms with van der Waals surface area (Å²) in [5.74, 6) is 0.0367.